The maximum atomic E-state index is 11.8. The number of nitrogens with zero attached hydrogens (tertiary/aromatic N) is 3. The fraction of sp³-hybridized carbons (Fsp3) is 0. The van der Waals surface area contributed by atoms with E-state index in [2.05, 4.69) is 26.2 Å². The lowest BCUT2D eigenvalue weighted by Gasteiger charge is -2.04. The van der Waals surface area contributed by atoms with Crippen molar-refractivity contribution in [2.45, 2.75) is 0 Å². The minimum Gasteiger partial charge on any atom is -0.423 e. The van der Waals surface area contributed by atoms with Crippen LogP contribution >= 0.6 is 11.6 Å². The molecule has 3 rings (SSSR count). The van der Waals surface area contributed by atoms with Gasteiger partial charge in [-0.3, -0.25) is 4.79 Å². The van der Waals surface area contributed by atoms with Gasteiger partial charge in [0.25, 0.3) is 11.9 Å². The summed E-state index contributed by atoms with van der Waals surface area (Å²) < 4.78 is 5.65. The number of aromatic nitrogens is 1. The van der Waals surface area contributed by atoms with Crippen LogP contribution < -0.4 is 10.7 Å². The number of hydrogen-bond donors (Lipinski definition) is 3. The Hall–Kier alpha value is -3.39. The number of halogens is 1. The highest BCUT2D eigenvalue weighted by molar-refractivity contribution is 6.30. The molecule has 0 fully saturated rings. The molecule has 126 valence electrons. The molecule has 9 heteroatoms. The molecule has 2 aromatic carbocycles. The van der Waals surface area contributed by atoms with E-state index in [4.69, 9.17) is 21.2 Å². The van der Waals surface area contributed by atoms with Crippen LogP contribution in [-0.4, -0.2) is 16.1 Å². The predicted molar refractivity (Wildman–Crippen MR) is 90.8 cm³/mol. The summed E-state index contributed by atoms with van der Waals surface area (Å²) in [5.41, 5.74) is 3.82. The summed E-state index contributed by atoms with van der Waals surface area (Å²) in [6.07, 6.45) is 1.59. The van der Waals surface area contributed by atoms with E-state index in [1.165, 1.54) is 0 Å². The van der Waals surface area contributed by atoms with Crippen molar-refractivity contribution >= 4 is 29.2 Å². The topological polar surface area (TPSA) is 112 Å². The quantitative estimate of drug-likeness (QED) is 0.467. The molecule has 0 atom stereocenters. The first-order valence-corrected chi connectivity index (χ1v) is 7.47. The zero-order chi connectivity index (χ0) is 17.6. The molecule has 1 heterocycles. The van der Waals surface area contributed by atoms with Crippen molar-refractivity contribution in [2.75, 3.05) is 5.32 Å². The molecule has 0 saturated heterocycles. The molecule has 0 aliphatic carbocycles. The third kappa shape index (κ3) is 4.12. The van der Waals surface area contributed by atoms with E-state index in [0.29, 0.717) is 22.0 Å². The highest BCUT2D eigenvalue weighted by Gasteiger charge is 2.09. The molecule has 1 aromatic heterocycles. The number of rotatable bonds is 5. The highest BCUT2D eigenvalue weighted by Crippen LogP contribution is 2.25. The molecule has 1 amide bonds. The zero-order valence-corrected chi connectivity index (χ0v) is 13.4. The van der Waals surface area contributed by atoms with Gasteiger partial charge in [-0.1, -0.05) is 17.7 Å². The van der Waals surface area contributed by atoms with Gasteiger partial charge in [-0.25, -0.2) is 10.4 Å². The van der Waals surface area contributed by atoms with Gasteiger partial charge < -0.3 is 14.9 Å². The van der Waals surface area contributed by atoms with E-state index in [1.807, 2.05) is 12.1 Å². The van der Waals surface area contributed by atoms with Crippen LogP contribution in [0.3, 0.4) is 0 Å². The summed E-state index contributed by atoms with van der Waals surface area (Å²) in [6.45, 7) is 0. The molecule has 8 nitrogen and oxygen atoms in total. The lowest BCUT2D eigenvalue weighted by molar-refractivity contribution is 0.0942. The molecule has 0 bridgehead atoms. The van der Waals surface area contributed by atoms with E-state index in [0.717, 1.165) is 5.56 Å². The van der Waals surface area contributed by atoms with E-state index in [9.17, 15) is 4.79 Å². The Morgan fingerprint density at radius 3 is 2.76 bits per heavy atom. The van der Waals surface area contributed by atoms with Crippen LogP contribution in [0.1, 0.15) is 10.4 Å². The molecular formula is C16H12ClN5O3. The Bertz CT molecular complexity index is 908. The van der Waals surface area contributed by atoms with Crippen molar-refractivity contribution in [2.24, 2.45) is 10.5 Å². The van der Waals surface area contributed by atoms with Crippen molar-refractivity contribution in [3.8, 4) is 11.3 Å². The standard InChI is InChI=1S/C16H12ClN5O3/c17-12-6-4-10(5-7-12)14-9-18-16(25-14)19-13-3-1-2-11(8-13)15(23)20-21-22-24/h1-9H,(H,18,19)(H,21,24)(H,20,22,23). The van der Waals surface area contributed by atoms with Gasteiger partial charge in [-0.05, 0) is 47.7 Å². The van der Waals surface area contributed by atoms with Gasteiger partial charge in [0.15, 0.2) is 5.76 Å². The third-order valence-corrected chi connectivity index (χ3v) is 3.46. The summed E-state index contributed by atoms with van der Waals surface area (Å²) >= 11 is 5.87. The van der Waals surface area contributed by atoms with Crippen molar-refractivity contribution in [3.05, 3.63) is 65.3 Å². The molecule has 0 spiro atoms. The first-order chi connectivity index (χ1) is 12.2. The minimum absolute atomic E-state index is 0.276. The van der Waals surface area contributed by atoms with Gasteiger partial charge in [0.1, 0.15) is 0 Å². The van der Waals surface area contributed by atoms with Crippen LogP contribution in [-0.2, 0) is 0 Å². The van der Waals surface area contributed by atoms with Gasteiger partial charge in [-0.2, -0.15) is 0 Å². The molecule has 0 aliphatic heterocycles. The number of hydrogen-bond acceptors (Lipinski definition) is 6. The minimum atomic E-state index is -0.518. The molecule has 0 unspecified atom stereocenters. The number of oxazole rings is 1. The molecule has 3 N–H and O–H groups in total. The average molecular weight is 358 g/mol. The Balaban J connectivity index is 1.75. The second-order valence-electron chi connectivity index (χ2n) is 4.87. The number of nitrogens with one attached hydrogen (secondary N) is 2. The monoisotopic (exact) mass is 357 g/mol. The van der Waals surface area contributed by atoms with E-state index in [1.54, 1.807) is 42.6 Å². The Morgan fingerprint density at radius 1 is 1.20 bits per heavy atom. The SMILES string of the molecule is O=C(NN=NO)c1cccc(Nc2ncc(-c3ccc(Cl)cc3)o2)c1. The largest absolute Gasteiger partial charge is 0.423 e. The summed E-state index contributed by atoms with van der Waals surface area (Å²) in [4.78, 5) is 15.9. The fourth-order valence-electron chi connectivity index (χ4n) is 2.07. The van der Waals surface area contributed by atoms with Gasteiger partial charge in [0, 0.05) is 27.1 Å². The molecule has 25 heavy (non-hydrogen) atoms. The van der Waals surface area contributed by atoms with Crippen molar-refractivity contribution in [1.29, 1.82) is 0 Å². The van der Waals surface area contributed by atoms with Crippen molar-refractivity contribution in [3.63, 3.8) is 0 Å². The van der Waals surface area contributed by atoms with Gasteiger partial charge >= 0.3 is 0 Å². The summed E-state index contributed by atoms with van der Waals surface area (Å²) in [5, 5.41) is 17.3. The van der Waals surface area contributed by atoms with E-state index < -0.39 is 5.91 Å². The second-order valence-corrected chi connectivity index (χ2v) is 5.31. The number of carbonyl (C=O) groups excluding carboxylic acids is 1. The smallest absolute Gasteiger partial charge is 0.299 e. The predicted octanol–water partition coefficient (Wildman–Crippen LogP) is 4.22. The van der Waals surface area contributed by atoms with Gasteiger partial charge in [0.05, 0.1) is 6.20 Å². The molecule has 0 saturated carbocycles. The van der Waals surface area contributed by atoms with Crippen molar-refractivity contribution in [1.82, 2.24) is 10.4 Å². The molecule has 0 radical (unpaired) electrons. The summed E-state index contributed by atoms with van der Waals surface area (Å²) in [5.74, 6) is 0.0622. The third-order valence-electron chi connectivity index (χ3n) is 3.21. The maximum absolute atomic E-state index is 11.8. The highest BCUT2D eigenvalue weighted by atomic mass is 35.5. The fourth-order valence-corrected chi connectivity index (χ4v) is 2.20. The Kier molecular flexibility index (Phi) is 4.91. The normalized spacial score (nSPS) is 10.8. The Labute approximate surface area is 147 Å². The van der Waals surface area contributed by atoms with Crippen LogP contribution in [0.15, 0.2) is 69.6 Å². The molecular weight excluding hydrogens is 346 g/mol. The van der Waals surface area contributed by atoms with Gasteiger partial charge in [0.2, 0.25) is 0 Å². The maximum Gasteiger partial charge on any atom is 0.299 e. The number of anilines is 2. The first-order valence-electron chi connectivity index (χ1n) is 7.09. The number of benzene rings is 2. The van der Waals surface area contributed by atoms with Crippen LogP contribution in [0.5, 0.6) is 0 Å². The van der Waals surface area contributed by atoms with E-state index in [-0.39, 0.29) is 6.01 Å². The summed E-state index contributed by atoms with van der Waals surface area (Å²) in [7, 11) is 0. The first kappa shape index (κ1) is 16.5. The summed E-state index contributed by atoms with van der Waals surface area (Å²) in [6, 6.07) is 14.0. The zero-order valence-electron chi connectivity index (χ0n) is 12.7. The lowest BCUT2D eigenvalue weighted by Crippen LogP contribution is -2.16. The average Bonchev–Trinajstić information content (AvgIpc) is 3.09. The van der Waals surface area contributed by atoms with Crippen LogP contribution in [0.25, 0.3) is 11.3 Å². The van der Waals surface area contributed by atoms with Crippen LogP contribution in [0, 0.1) is 0 Å². The molecule has 0 aliphatic rings. The van der Waals surface area contributed by atoms with Crippen LogP contribution in [0.2, 0.25) is 5.02 Å². The van der Waals surface area contributed by atoms with Crippen LogP contribution in [0.4, 0.5) is 11.7 Å². The van der Waals surface area contributed by atoms with E-state index >= 15 is 0 Å². The second kappa shape index (κ2) is 7.45. The van der Waals surface area contributed by atoms with Crippen molar-refractivity contribution < 1.29 is 14.4 Å². The van der Waals surface area contributed by atoms with Gasteiger partial charge in [-0.15, -0.1) is 0 Å². The number of carbonyl (C=O) groups is 1. The lowest BCUT2D eigenvalue weighted by atomic mass is 10.2. The number of amides is 1. The molecule has 3 aromatic rings. The Morgan fingerprint density at radius 2 is 2.00 bits per heavy atom.